The molecule has 0 aromatic heterocycles. The Bertz CT molecular complexity index is 391. The van der Waals surface area contributed by atoms with Crippen molar-refractivity contribution in [3.63, 3.8) is 0 Å². The summed E-state index contributed by atoms with van der Waals surface area (Å²) in [6.45, 7) is 2.40. The number of benzene rings is 1. The molecule has 1 saturated heterocycles. The van der Waals surface area contributed by atoms with E-state index in [-0.39, 0.29) is 0 Å². The normalized spacial score (nSPS) is 19.8. The quantitative estimate of drug-likeness (QED) is 0.929. The average molecular weight is 313 g/mol. The van der Waals surface area contributed by atoms with Gasteiger partial charge >= 0.3 is 0 Å². The summed E-state index contributed by atoms with van der Waals surface area (Å²) >= 11 is 3.49. The van der Waals surface area contributed by atoms with Gasteiger partial charge < -0.3 is 15.4 Å². The van der Waals surface area contributed by atoms with Crippen molar-refractivity contribution < 1.29 is 4.74 Å². The van der Waals surface area contributed by atoms with Gasteiger partial charge in [-0.1, -0.05) is 15.9 Å². The number of rotatable bonds is 4. The van der Waals surface area contributed by atoms with Gasteiger partial charge in [0, 0.05) is 36.9 Å². The van der Waals surface area contributed by atoms with Crippen molar-refractivity contribution in [3.8, 4) is 0 Å². The van der Waals surface area contributed by atoms with E-state index < -0.39 is 0 Å². The van der Waals surface area contributed by atoms with Crippen molar-refractivity contribution in [2.24, 2.45) is 5.73 Å². The smallest absolute Gasteiger partial charge is 0.0749 e. The zero-order valence-corrected chi connectivity index (χ0v) is 12.4. The van der Waals surface area contributed by atoms with Crippen LogP contribution in [0.2, 0.25) is 0 Å². The van der Waals surface area contributed by atoms with Crippen molar-refractivity contribution in [2.45, 2.75) is 31.9 Å². The third kappa shape index (κ3) is 3.46. The molecule has 1 aromatic rings. The zero-order valence-electron chi connectivity index (χ0n) is 10.9. The van der Waals surface area contributed by atoms with Crippen LogP contribution in [0.5, 0.6) is 0 Å². The molecule has 2 rings (SSSR count). The number of hydrogen-bond donors (Lipinski definition) is 1. The molecule has 0 spiro atoms. The second kappa shape index (κ2) is 6.55. The summed E-state index contributed by atoms with van der Waals surface area (Å²) in [5.74, 6) is 0. The van der Waals surface area contributed by atoms with E-state index in [9.17, 15) is 0 Å². The van der Waals surface area contributed by atoms with E-state index in [1.54, 1.807) is 0 Å². The Morgan fingerprint density at radius 3 is 2.94 bits per heavy atom. The Morgan fingerprint density at radius 1 is 1.44 bits per heavy atom. The second-order valence-corrected chi connectivity index (χ2v) is 5.76. The predicted octanol–water partition coefficient (Wildman–Crippen LogP) is 2.91. The van der Waals surface area contributed by atoms with Gasteiger partial charge in [-0.2, -0.15) is 0 Å². The average Bonchev–Trinajstić information content (AvgIpc) is 2.39. The van der Waals surface area contributed by atoms with E-state index in [4.69, 9.17) is 10.5 Å². The fourth-order valence-electron chi connectivity index (χ4n) is 2.45. The molecule has 0 radical (unpaired) electrons. The maximum absolute atomic E-state index is 5.81. The molecule has 3 nitrogen and oxygen atoms in total. The zero-order chi connectivity index (χ0) is 13.0. The number of nitrogens with zero attached hydrogens (tertiary/aromatic N) is 1. The first-order valence-corrected chi connectivity index (χ1v) is 7.31. The molecule has 1 aromatic carbocycles. The number of anilines is 1. The van der Waals surface area contributed by atoms with Crippen LogP contribution in [0, 0.1) is 0 Å². The van der Waals surface area contributed by atoms with Gasteiger partial charge in [-0.15, -0.1) is 0 Å². The van der Waals surface area contributed by atoms with Crippen LogP contribution in [-0.2, 0) is 11.3 Å². The standard InChI is InChI=1S/C14H21BrN2O/c1-17(10-13-4-2-3-7-18-13)14-6-5-12(15)8-11(14)9-16/h5-6,8,13H,2-4,7,9-10,16H2,1H3. The molecule has 1 unspecified atom stereocenters. The molecule has 1 aliphatic heterocycles. The van der Waals surface area contributed by atoms with Gasteiger partial charge in [-0.25, -0.2) is 0 Å². The van der Waals surface area contributed by atoms with Gasteiger partial charge in [0.15, 0.2) is 0 Å². The van der Waals surface area contributed by atoms with Crippen molar-refractivity contribution in [1.82, 2.24) is 0 Å². The van der Waals surface area contributed by atoms with E-state index in [0.717, 1.165) is 17.6 Å². The molecule has 1 heterocycles. The molecule has 18 heavy (non-hydrogen) atoms. The van der Waals surface area contributed by atoms with Crippen molar-refractivity contribution in [1.29, 1.82) is 0 Å². The maximum Gasteiger partial charge on any atom is 0.0749 e. The number of hydrogen-bond acceptors (Lipinski definition) is 3. The van der Waals surface area contributed by atoms with Crippen LogP contribution >= 0.6 is 15.9 Å². The predicted molar refractivity (Wildman–Crippen MR) is 78.9 cm³/mol. The highest BCUT2D eigenvalue weighted by molar-refractivity contribution is 9.10. The Morgan fingerprint density at radius 2 is 2.28 bits per heavy atom. The van der Waals surface area contributed by atoms with Gasteiger partial charge in [-0.3, -0.25) is 0 Å². The molecule has 100 valence electrons. The van der Waals surface area contributed by atoms with Crippen LogP contribution < -0.4 is 10.6 Å². The molecule has 1 aliphatic rings. The van der Waals surface area contributed by atoms with Crippen LogP contribution in [0.4, 0.5) is 5.69 Å². The summed E-state index contributed by atoms with van der Waals surface area (Å²) in [6, 6.07) is 6.27. The number of nitrogens with two attached hydrogens (primary N) is 1. The first-order valence-electron chi connectivity index (χ1n) is 6.52. The lowest BCUT2D eigenvalue weighted by Crippen LogP contribution is -2.33. The summed E-state index contributed by atoms with van der Waals surface area (Å²) in [7, 11) is 2.11. The van der Waals surface area contributed by atoms with Crippen LogP contribution in [0.25, 0.3) is 0 Å². The van der Waals surface area contributed by atoms with Crippen LogP contribution in [0.1, 0.15) is 24.8 Å². The second-order valence-electron chi connectivity index (χ2n) is 4.85. The molecule has 1 fully saturated rings. The van der Waals surface area contributed by atoms with E-state index in [1.165, 1.54) is 30.5 Å². The van der Waals surface area contributed by atoms with E-state index in [1.807, 2.05) is 0 Å². The van der Waals surface area contributed by atoms with Gasteiger partial charge in [0.2, 0.25) is 0 Å². The van der Waals surface area contributed by atoms with Crippen molar-refractivity contribution in [2.75, 3.05) is 25.1 Å². The van der Waals surface area contributed by atoms with Gasteiger partial charge in [0.25, 0.3) is 0 Å². The SMILES string of the molecule is CN(CC1CCCCO1)c1ccc(Br)cc1CN. The van der Waals surface area contributed by atoms with E-state index in [2.05, 4.69) is 46.1 Å². The van der Waals surface area contributed by atoms with E-state index in [0.29, 0.717) is 12.6 Å². The minimum absolute atomic E-state index is 0.359. The summed E-state index contributed by atoms with van der Waals surface area (Å²) in [5.41, 5.74) is 8.18. The fraction of sp³-hybridized carbons (Fsp3) is 0.571. The third-order valence-corrected chi connectivity index (χ3v) is 3.92. The molecule has 2 N–H and O–H groups in total. The van der Waals surface area contributed by atoms with Crippen molar-refractivity contribution in [3.05, 3.63) is 28.2 Å². The Labute approximate surface area is 117 Å². The Hall–Kier alpha value is -0.580. The number of ether oxygens (including phenoxy) is 1. The minimum Gasteiger partial charge on any atom is -0.376 e. The minimum atomic E-state index is 0.359. The topological polar surface area (TPSA) is 38.5 Å². The molecule has 0 saturated carbocycles. The highest BCUT2D eigenvalue weighted by atomic mass is 79.9. The van der Waals surface area contributed by atoms with Gasteiger partial charge in [-0.05, 0) is 43.0 Å². The lowest BCUT2D eigenvalue weighted by molar-refractivity contribution is 0.0216. The lowest BCUT2D eigenvalue weighted by Gasteiger charge is -2.29. The van der Waals surface area contributed by atoms with Gasteiger partial charge in [0.05, 0.1) is 6.10 Å². The Kier molecular flexibility index (Phi) is 5.03. The molecule has 1 atom stereocenters. The largest absolute Gasteiger partial charge is 0.376 e. The van der Waals surface area contributed by atoms with E-state index >= 15 is 0 Å². The first kappa shape index (κ1) is 13.8. The first-order chi connectivity index (χ1) is 8.70. The highest BCUT2D eigenvalue weighted by Gasteiger charge is 2.17. The molecular weight excluding hydrogens is 292 g/mol. The lowest BCUT2D eigenvalue weighted by atomic mass is 10.1. The van der Waals surface area contributed by atoms with Crippen LogP contribution in [-0.4, -0.2) is 26.3 Å². The third-order valence-electron chi connectivity index (χ3n) is 3.42. The van der Waals surface area contributed by atoms with Crippen molar-refractivity contribution >= 4 is 21.6 Å². The van der Waals surface area contributed by atoms with Crippen LogP contribution in [0.3, 0.4) is 0 Å². The summed E-state index contributed by atoms with van der Waals surface area (Å²) in [6.07, 6.45) is 4.01. The summed E-state index contributed by atoms with van der Waals surface area (Å²) in [5, 5.41) is 0. The molecule has 0 aliphatic carbocycles. The molecule has 0 amide bonds. The van der Waals surface area contributed by atoms with Gasteiger partial charge in [0.1, 0.15) is 0 Å². The number of halogens is 1. The van der Waals surface area contributed by atoms with Crippen LogP contribution in [0.15, 0.2) is 22.7 Å². The highest BCUT2D eigenvalue weighted by Crippen LogP contribution is 2.25. The Balaban J connectivity index is 2.05. The maximum atomic E-state index is 5.81. The molecule has 4 heteroatoms. The fourth-order valence-corrected chi connectivity index (χ4v) is 2.85. The number of likely N-dealkylation sites (N-methyl/N-ethyl adjacent to an activating group) is 1. The monoisotopic (exact) mass is 312 g/mol. The summed E-state index contributed by atoms with van der Waals surface area (Å²) in [4.78, 5) is 2.25. The molecular formula is C14H21BrN2O. The summed E-state index contributed by atoms with van der Waals surface area (Å²) < 4.78 is 6.86. The molecule has 0 bridgehead atoms.